The molecule has 80 valence electrons. The third kappa shape index (κ3) is 1.50. The number of benzene rings is 1. The summed E-state index contributed by atoms with van der Waals surface area (Å²) in [5.41, 5.74) is 2.58. The highest BCUT2D eigenvalue weighted by molar-refractivity contribution is 5.93. The van der Waals surface area contributed by atoms with E-state index in [1.54, 1.807) is 0 Å². The van der Waals surface area contributed by atoms with Gasteiger partial charge in [0.15, 0.2) is 0 Å². The van der Waals surface area contributed by atoms with Crippen molar-refractivity contribution in [2.45, 2.75) is 20.8 Å². The van der Waals surface area contributed by atoms with E-state index in [-0.39, 0.29) is 0 Å². The first-order valence-electron chi connectivity index (χ1n) is 5.33. The Hall–Kier alpha value is -1.44. The summed E-state index contributed by atoms with van der Waals surface area (Å²) in [6, 6.07) is 4.31. The van der Waals surface area contributed by atoms with Gasteiger partial charge >= 0.3 is 0 Å². The third-order valence-electron chi connectivity index (χ3n) is 2.81. The smallest absolute Gasteiger partial charge is 0.201 e. The molecule has 2 nitrogen and oxygen atoms in total. The van der Waals surface area contributed by atoms with Crippen molar-refractivity contribution in [1.82, 2.24) is 4.57 Å². The first-order chi connectivity index (χ1) is 7.15. The standard InChI is InChI=1S/C13H17NO/c1-5-15-13-12-10(3)7-6-9(2)11(12)8-14(13)4/h6-8H,5H2,1-4H3. The van der Waals surface area contributed by atoms with Crippen molar-refractivity contribution in [3.63, 3.8) is 0 Å². The lowest BCUT2D eigenvalue weighted by Crippen LogP contribution is -1.97. The minimum absolute atomic E-state index is 0.709. The lowest BCUT2D eigenvalue weighted by Gasteiger charge is -2.06. The Balaban J connectivity index is 2.79. The van der Waals surface area contributed by atoms with Gasteiger partial charge in [0.1, 0.15) is 0 Å². The van der Waals surface area contributed by atoms with Crippen LogP contribution >= 0.6 is 0 Å². The number of nitrogens with zero attached hydrogens (tertiary/aromatic N) is 1. The Morgan fingerprint density at radius 1 is 1.20 bits per heavy atom. The highest BCUT2D eigenvalue weighted by Gasteiger charge is 2.11. The number of hydrogen-bond donors (Lipinski definition) is 0. The van der Waals surface area contributed by atoms with E-state index in [0.29, 0.717) is 6.61 Å². The Morgan fingerprint density at radius 3 is 2.53 bits per heavy atom. The Kier molecular flexibility index (Phi) is 2.43. The van der Waals surface area contributed by atoms with Crippen LogP contribution in [0.15, 0.2) is 18.3 Å². The van der Waals surface area contributed by atoms with Crippen LogP contribution in [0.3, 0.4) is 0 Å². The van der Waals surface area contributed by atoms with Crippen LogP contribution in [-0.2, 0) is 7.05 Å². The average Bonchev–Trinajstić information content (AvgIpc) is 2.53. The molecule has 0 amide bonds. The highest BCUT2D eigenvalue weighted by Crippen LogP contribution is 2.32. The molecular weight excluding hydrogens is 186 g/mol. The highest BCUT2D eigenvalue weighted by atomic mass is 16.5. The van der Waals surface area contributed by atoms with Crippen LogP contribution in [0, 0.1) is 13.8 Å². The molecule has 0 aliphatic heterocycles. The van der Waals surface area contributed by atoms with E-state index in [1.165, 1.54) is 21.9 Å². The van der Waals surface area contributed by atoms with Gasteiger partial charge in [-0.2, -0.15) is 0 Å². The van der Waals surface area contributed by atoms with Crippen molar-refractivity contribution in [1.29, 1.82) is 0 Å². The molecule has 0 aliphatic carbocycles. The van der Waals surface area contributed by atoms with Gasteiger partial charge < -0.3 is 9.30 Å². The number of aryl methyl sites for hydroxylation is 3. The van der Waals surface area contributed by atoms with Crippen molar-refractivity contribution in [2.75, 3.05) is 6.61 Å². The molecule has 2 heteroatoms. The summed E-state index contributed by atoms with van der Waals surface area (Å²) in [4.78, 5) is 0. The van der Waals surface area contributed by atoms with Gasteiger partial charge in [0.05, 0.1) is 6.61 Å². The van der Waals surface area contributed by atoms with Crippen molar-refractivity contribution in [3.05, 3.63) is 29.5 Å². The maximum Gasteiger partial charge on any atom is 0.201 e. The summed E-state index contributed by atoms with van der Waals surface area (Å²) in [5, 5.41) is 2.54. The van der Waals surface area contributed by atoms with Gasteiger partial charge in [0.25, 0.3) is 0 Å². The normalized spacial score (nSPS) is 10.9. The molecule has 0 saturated heterocycles. The molecule has 15 heavy (non-hydrogen) atoms. The number of fused-ring (bicyclic) bond motifs is 1. The number of ether oxygens (including phenoxy) is 1. The first-order valence-corrected chi connectivity index (χ1v) is 5.33. The maximum absolute atomic E-state index is 5.69. The van der Waals surface area contributed by atoms with Gasteiger partial charge in [-0.05, 0) is 31.9 Å². The second-order valence-corrected chi connectivity index (χ2v) is 3.97. The molecule has 0 aliphatic rings. The second kappa shape index (κ2) is 3.61. The fourth-order valence-electron chi connectivity index (χ4n) is 2.02. The van der Waals surface area contributed by atoms with Crippen LogP contribution in [0.5, 0.6) is 5.88 Å². The van der Waals surface area contributed by atoms with E-state index in [0.717, 1.165) is 5.88 Å². The van der Waals surface area contributed by atoms with Crippen molar-refractivity contribution in [2.24, 2.45) is 7.05 Å². The van der Waals surface area contributed by atoms with E-state index in [1.807, 2.05) is 14.0 Å². The molecule has 0 saturated carbocycles. The summed E-state index contributed by atoms with van der Waals surface area (Å²) in [6.07, 6.45) is 2.14. The molecule has 0 spiro atoms. The third-order valence-corrected chi connectivity index (χ3v) is 2.81. The lowest BCUT2D eigenvalue weighted by molar-refractivity contribution is 0.319. The fourth-order valence-corrected chi connectivity index (χ4v) is 2.02. The molecule has 1 aromatic heterocycles. The predicted molar refractivity (Wildman–Crippen MR) is 63.6 cm³/mol. The van der Waals surface area contributed by atoms with Crippen LogP contribution in [0.1, 0.15) is 18.1 Å². The SMILES string of the molecule is CCOc1c2c(C)ccc(C)c2cn1C. The Bertz CT molecular complexity index is 497. The average molecular weight is 203 g/mol. The van der Waals surface area contributed by atoms with Crippen LogP contribution < -0.4 is 4.74 Å². The van der Waals surface area contributed by atoms with Crippen molar-refractivity contribution >= 4 is 10.8 Å². The van der Waals surface area contributed by atoms with E-state index < -0.39 is 0 Å². The van der Waals surface area contributed by atoms with Crippen molar-refractivity contribution < 1.29 is 4.74 Å². The summed E-state index contributed by atoms with van der Waals surface area (Å²) in [5.74, 6) is 0.980. The maximum atomic E-state index is 5.69. The molecule has 2 aromatic rings. The zero-order valence-corrected chi connectivity index (χ0v) is 9.79. The van der Waals surface area contributed by atoms with E-state index >= 15 is 0 Å². The van der Waals surface area contributed by atoms with Crippen LogP contribution in [-0.4, -0.2) is 11.2 Å². The van der Waals surface area contributed by atoms with Gasteiger partial charge in [-0.3, -0.25) is 0 Å². The number of hydrogen-bond acceptors (Lipinski definition) is 1. The molecule has 1 heterocycles. The van der Waals surface area contributed by atoms with Crippen LogP contribution in [0.25, 0.3) is 10.8 Å². The molecule has 2 rings (SSSR count). The molecule has 0 bridgehead atoms. The predicted octanol–water partition coefficient (Wildman–Crippen LogP) is 3.19. The van der Waals surface area contributed by atoms with Crippen LogP contribution in [0.4, 0.5) is 0 Å². The van der Waals surface area contributed by atoms with Gasteiger partial charge in [0.2, 0.25) is 5.88 Å². The topological polar surface area (TPSA) is 14.2 Å². The van der Waals surface area contributed by atoms with E-state index in [2.05, 4.69) is 36.7 Å². The molecular formula is C13H17NO. The fraction of sp³-hybridized carbons (Fsp3) is 0.385. The summed E-state index contributed by atoms with van der Waals surface area (Å²) in [6.45, 7) is 6.99. The van der Waals surface area contributed by atoms with Crippen LogP contribution in [0.2, 0.25) is 0 Å². The zero-order chi connectivity index (χ0) is 11.0. The largest absolute Gasteiger partial charge is 0.479 e. The minimum atomic E-state index is 0.709. The molecule has 1 aromatic carbocycles. The van der Waals surface area contributed by atoms with Gasteiger partial charge in [0, 0.05) is 24.0 Å². The first kappa shape index (κ1) is 10.1. The summed E-state index contributed by atoms with van der Waals surface area (Å²) < 4.78 is 7.75. The van der Waals surface area contributed by atoms with Gasteiger partial charge in [-0.1, -0.05) is 12.1 Å². The quantitative estimate of drug-likeness (QED) is 0.731. The van der Waals surface area contributed by atoms with Gasteiger partial charge in [-0.15, -0.1) is 0 Å². The minimum Gasteiger partial charge on any atom is -0.479 e. The monoisotopic (exact) mass is 203 g/mol. The molecule has 0 atom stereocenters. The molecule has 0 unspecified atom stereocenters. The van der Waals surface area contributed by atoms with E-state index in [4.69, 9.17) is 4.74 Å². The number of aromatic nitrogens is 1. The second-order valence-electron chi connectivity index (χ2n) is 3.97. The summed E-state index contributed by atoms with van der Waals surface area (Å²) >= 11 is 0. The zero-order valence-electron chi connectivity index (χ0n) is 9.79. The molecule has 0 radical (unpaired) electrons. The Labute approximate surface area is 90.5 Å². The van der Waals surface area contributed by atoms with Gasteiger partial charge in [-0.25, -0.2) is 0 Å². The molecule has 0 N–H and O–H groups in total. The lowest BCUT2D eigenvalue weighted by atomic mass is 10.1. The van der Waals surface area contributed by atoms with Crippen molar-refractivity contribution in [3.8, 4) is 5.88 Å². The Morgan fingerprint density at radius 2 is 1.87 bits per heavy atom. The van der Waals surface area contributed by atoms with E-state index in [9.17, 15) is 0 Å². The summed E-state index contributed by atoms with van der Waals surface area (Å²) in [7, 11) is 2.03. The number of rotatable bonds is 2. The molecule has 0 fully saturated rings.